The molecule has 0 aliphatic carbocycles. The maximum Gasteiger partial charge on any atom is 0.330 e. The van der Waals surface area contributed by atoms with Crippen LogP contribution in [0.5, 0.6) is 0 Å². The molecule has 2 rings (SSSR count). The first-order valence-electron chi connectivity index (χ1n) is 4.21. The predicted octanol–water partition coefficient (Wildman–Crippen LogP) is 2.24. The minimum atomic E-state index is -0.111. The molecule has 0 atom stereocenters. The average Bonchev–Trinajstić information content (AvgIpc) is 2.45. The Morgan fingerprint density at radius 1 is 1.43 bits per heavy atom. The molecule has 0 bridgehead atoms. The van der Waals surface area contributed by atoms with Crippen LogP contribution < -0.4 is 5.69 Å². The van der Waals surface area contributed by atoms with Crippen molar-refractivity contribution in [3.05, 3.63) is 51.1 Å². The lowest BCUT2D eigenvalue weighted by Crippen LogP contribution is -2.13. The van der Waals surface area contributed by atoms with Crippen LogP contribution >= 0.6 is 15.9 Å². The van der Waals surface area contributed by atoms with Crippen molar-refractivity contribution in [1.29, 1.82) is 0 Å². The molecular weight excluding hydrogens is 244 g/mol. The van der Waals surface area contributed by atoms with Crippen molar-refractivity contribution in [1.82, 2.24) is 9.55 Å². The van der Waals surface area contributed by atoms with E-state index in [-0.39, 0.29) is 5.69 Å². The molecule has 0 saturated heterocycles. The summed E-state index contributed by atoms with van der Waals surface area (Å²) in [6.07, 6.45) is 1.78. The van der Waals surface area contributed by atoms with Crippen LogP contribution in [-0.4, -0.2) is 9.55 Å². The molecule has 1 N–H and O–H groups in total. The highest BCUT2D eigenvalue weighted by Crippen LogP contribution is 2.14. The summed E-state index contributed by atoms with van der Waals surface area (Å²) in [6.45, 7) is 1.86. The fourth-order valence-corrected chi connectivity index (χ4v) is 1.72. The number of aromatic amines is 1. The van der Waals surface area contributed by atoms with Gasteiger partial charge < -0.3 is 4.98 Å². The molecule has 1 heterocycles. The minimum Gasteiger partial charge on any atom is -0.310 e. The molecule has 0 unspecified atom stereocenters. The van der Waals surface area contributed by atoms with Crippen molar-refractivity contribution in [2.75, 3.05) is 0 Å². The summed E-state index contributed by atoms with van der Waals surface area (Å²) >= 11 is 3.37. The van der Waals surface area contributed by atoms with Crippen LogP contribution in [0.15, 0.2) is 39.7 Å². The minimum absolute atomic E-state index is 0.111. The van der Waals surface area contributed by atoms with Gasteiger partial charge in [0.25, 0.3) is 0 Å². The van der Waals surface area contributed by atoms with Gasteiger partial charge in [-0.05, 0) is 25.1 Å². The third-order valence-electron chi connectivity index (χ3n) is 1.93. The molecular formula is C10H9BrN2O. The van der Waals surface area contributed by atoms with Gasteiger partial charge >= 0.3 is 5.69 Å². The van der Waals surface area contributed by atoms with E-state index in [0.29, 0.717) is 0 Å². The average molecular weight is 253 g/mol. The van der Waals surface area contributed by atoms with E-state index < -0.39 is 0 Å². The highest BCUT2D eigenvalue weighted by molar-refractivity contribution is 9.10. The summed E-state index contributed by atoms with van der Waals surface area (Å²) in [5.41, 5.74) is 1.60. The topological polar surface area (TPSA) is 37.8 Å². The molecule has 3 nitrogen and oxygen atoms in total. The summed E-state index contributed by atoms with van der Waals surface area (Å²) in [5, 5.41) is 0. The van der Waals surface area contributed by atoms with Crippen LogP contribution in [0.3, 0.4) is 0 Å². The normalized spacial score (nSPS) is 10.4. The monoisotopic (exact) mass is 252 g/mol. The molecule has 14 heavy (non-hydrogen) atoms. The second kappa shape index (κ2) is 3.46. The van der Waals surface area contributed by atoms with E-state index in [1.54, 1.807) is 10.8 Å². The fraction of sp³-hybridized carbons (Fsp3) is 0.100. The number of aromatic nitrogens is 2. The van der Waals surface area contributed by atoms with Crippen molar-refractivity contribution in [3.63, 3.8) is 0 Å². The van der Waals surface area contributed by atoms with E-state index in [1.807, 2.05) is 31.2 Å². The second-order valence-corrected chi connectivity index (χ2v) is 4.01. The molecule has 0 saturated carbocycles. The summed E-state index contributed by atoms with van der Waals surface area (Å²) in [7, 11) is 0. The van der Waals surface area contributed by atoms with Gasteiger partial charge in [0.05, 0.1) is 5.69 Å². The Morgan fingerprint density at radius 2 is 2.21 bits per heavy atom. The molecule has 0 amide bonds. The van der Waals surface area contributed by atoms with E-state index in [4.69, 9.17) is 0 Å². The molecule has 1 aromatic heterocycles. The van der Waals surface area contributed by atoms with Crippen molar-refractivity contribution in [3.8, 4) is 5.69 Å². The first kappa shape index (κ1) is 9.27. The van der Waals surface area contributed by atoms with Crippen LogP contribution in [0.4, 0.5) is 0 Å². The molecule has 0 aliphatic heterocycles. The predicted molar refractivity (Wildman–Crippen MR) is 58.8 cm³/mol. The number of rotatable bonds is 1. The third kappa shape index (κ3) is 1.65. The van der Waals surface area contributed by atoms with Crippen molar-refractivity contribution in [2.24, 2.45) is 0 Å². The number of halogens is 1. The van der Waals surface area contributed by atoms with Crippen LogP contribution in [0.25, 0.3) is 5.69 Å². The number of H-pyrrole nitrogens is 1. The molecule has 72 valence electrons. The maximum atomic E-state index is 11.4. The Kier molecular flexibility index (Phi) is 2.29. The molecule has 0 spiro atoms. The highest BCUT2D eigenvalue weighted by Gasteiger charge is 2.01. The zero-order chi connectivity index (χ0) is 10.1. The standard InChI is InChI=1S/C10H9BrN2O/c1-7-6-13(10(14)12-7)9-4-2-3-8(11)5-9/h2-6H,1H3,(H,12,14). The van der Waals surface area contributed by atoms with E-state index in [9.17, 15) is 4.79 Å². The summed E-state index contributed by atoms with van der Waals surface area (Å²) in [4.78, 5) is 14.2. The number of nitrogens with one attached hydrogen (secondary N) is 1. The first-order chi connectivity index (χ1) is 6.66. The zero-order valence-electron chi connectivity index (χ0n) is 7.62. The lowest BCUT2D eigenvalue weighted by molar-refractivity contribution is 0.986. The smallest absolute Gasteiger partial charge is 0.310 e. The van der Waals surface area contributed by atoms with E-state index in [1.165, 1.54) is 0 Å². The first-order valence-corrected chi connectivity index (χ1v) is 5.00. The Hall–Kier alpha value is -1.29. The van der Waals surface area contributed by atoms with Gasteiger partial charge in [0.1, 0.15) is 0 Å². The Balaban J connectivity index is 2.60. The number of hydrogen-bond acceptors (Lipinski definition) is 1. The van der Waals surface area contributed by atoms with Crippen LogP contribution in [0.1, 0.15) is 5.69 Å². The summed E-state index contributed by atoms with van der Waals surface area (Å²) < 4.78 is 2.54. The lowest BCUT2D eigenvalue weighted by atomic mass is 10.3. The number of nitrogens with zero attached hydrogens (tertiary/aromatic N) is 1. The van der Waals surface area contributed by atoms with Crippen molar-refractivity contribution in [2.45, 2.75) is 6.92 Å². The van der Waals surface area contributed by atoms with Gasteiger partial charge in [-0.15, -0.1) is 0 Å². The quantitative estimate of drug-likeness (QED) is 0.831. The van der Waals surface area contributed by atoms with E-state index in [0.717, 1.165) is 15.9 Å². The van der Waals surface area contributed by atoms with E-state index >= 15 is 0 Å². The van der Waals surface area contributed by atoms with Gasteiger partial charge in [0, 0.05) is 16.4 Å². The molecule has 0 aliphatic rings. The van der Waals surface area contributed by atoms with Gasteiger partial charge in [-0.25, -0.2) is 4.79 Å². The van der Waals surface area contributed by atoms with Gasteiger partial charge in [-0.2, -0.15) is 0 Å². The second-order valence-electron chi connectivity index (χ2n) is 3.09. The fourth-order valence-electron chi connectivity index (χ4n) is 1.33. The van der Waals surface area contributed by atoms with Crippen molar-refractivity contribution < 1.29 is 0 Å². The number of hydrogen-bond donors (Lipinski definition) is 1. The van der Waals surface area contributed by atoms with Crippen LogP contribution in [0, 0.1) is 6.92 Å². The van der Waals surface area contributed by atoms with Gasteiger partial charge in [-0.3, -0.25) is 4.57 Å². The molecule has 0 radical (unpaired) electrons. The maximum absolute atomic E-state index is 11.4. The van der Waals surface area contributed by atoms with Gasteiger partial charge in [0.2, 0.25) is 0 Å². The van der Waals surface area contributed by atoms with Crippen molar-refractivity contribution >= 4 is 15.9 Å². The molecule has 0 fully saturated rings. The SMILES string of the molecule is Cc1cn(-c2cccc(Br)c2)c(=O)[nH]1. The highest BCUT2D eigenvalue weighted by atomic mass is 79.9. The Morgan fingerprint density at radius 3 is 2.79 bits per heavy atom. The molecule has 2 aromatic rings. The summed E-state index contributed by atoms with van der Waals surface area (Å²) in [6, 6.07) is 7.61. The molecule has 4 heteroatoms. The number of benzene rings is 1. The van der Waals surface area contributed by atoms with Crippen LogP contribution in [-0.2, 0) is 0 Å². The van der Waals surface area contributed by atoms with Crippen LogP contribution in [0.2, 0.25) is 0 Å². The number of imidazole rings is 1. The van der Waals surface area contributed by atoms with Gasteiger partial charge in [0.15, 0.2) is 0 Å². The van der Waals surface area contributed by atoms with Gasteiger partial charge in [-0.1, -0.05) is 22.0 Å². The summed E-state index contributed by atoms with van der Waals surface area (Å²) in [5.74, 6) is 0. The number of aryl methyl sites for hydroxylation is 1. The third-order valence-corrected chi connectivity index (χ3v) is 2.43. The lowest BCUT2D eigenvalue weighted by Gasteiger charge is -2.00. The van der Waals surface area contributed by atoms with E-state index in [2.05, 4.69) is 20.9 Å². The Bertz CT molecular complexity index is 513. The molecule has 1 aromatic carbocycles. The Labute approximate surface area is 89.5 Å². The largest absolute Gasteiger partial charge is 0.330 e. The zero-order valence-corrected chi connectivity index (χ0v) is 9.21.